The van der Waals surface area contributed by atoms with Crippen LogP contribution in [0, 0.1) is 0 Å². The van der Waals surface area contributed by atoms with E-state index in [1.807, 2.05) is 38.2 Å². The van der Waals surface area contributed by atoms with Gasteiger partial charge in [0.15, 0.2) is 0 Å². The lowest BCUT2D eigenvalue weighted by Gasteiger charge is -2.04. The Bertz CT molecular complexity index is 255. The Morgan fingerprint density at radius 1 is 0.824 bits per heavy atom. The number of carbonyl (C=O) groups is 2. The average molecular weight is 238 g/mol. The van der Waals surface area contributed by atoms with Gasteiger partial charge in [0.05, 0.1) is 6.67 Å². The third kappa shape index (κ3) is 10.7. The van der Waals surface area contributed by atoms with Gasteiger partial charge in [0, 0.05) is 12.8 Å². The minimum atomic E-state index is -0.0842. The number of hydrogen-bond acceptors (Lipinski definition) is 2. The molecule has 0 heterocycles. The monoisotopic (exact) mass is 238 g/mol. The van der Waals surface area contributed by atoms with Crippen molar-refractivity contribution in [1.29, 1.82) is 0 Å². The van der Waals surface area contributed by atoms with Crippen molar-refractivity contribution in [2.24, 2.45) is 0 Å². The van der Waals surface area contributed by atoms with Gasteiger partial charge in [-0.3, -0.25) is 9.59 Å². The van der Waals surface area contributed by atoms with Crippen LogP contribution in [-0.4, -0.2) is 18.5 Å². The smallest absolute Gasteiger partial charge is 0.225 e. The summed E-state index contributed by atoms with van der Waals surface area (Å²) in [5, 5.41) is 5.23. The van der Waals surface area contributed by atoms with Crippen molar-refractivity contribution in [2.45, 2.75) is 39.5 Å². The molecule has 2 amide bonds. The Labute approximate surface area is 103 Å². The second kappa shape index (κ2) is 10.9. The van der Waals surface area contributed by atoms with Gasteiger partial charge >= 0.3 is 0 Å². The Hall–Kier alpha value is -1.58. The second-order valence-electron chi connectivity index (χ2n) is 3.54. The molecule has 0 fully saturated rings. The van der Waals surface area contributed by atoms with E-state index in [4.69, 9.17) is 0 Å². The van der Waals surface area contributed by atoms with E-state index in [2.05, 4.69) is 10.6 Å². The molecule has 0 radical (unpaired) electrons. The molecule has 4 heteroatoms. The van der Waals surface area contributed by atoms with Crippen molar-refractivity contribution in [2.75, 3.05) is 6.67 Å². The predicted molar refractivity (Wildman–Crippen MR) is 69.2 cm³/mol. The largest absolute Gasteiger partial charge is 0.338 e. The minimum absolute atomic E-state index is 0.0842. The van der Waals surface area contributed by atoms with E-state index in [-0.39, 0.29) is 18.5 Å². The highest BCUT2D eigenvalue weighted by Crippen LogP contribution is 1.87. The summed E-state index contributed by atoms with van der Waals surface area (Å²) < 4.78 is 0. The van der Waals surface area contributed by atoms with Crippen molar-refractivity contribution in [3.8, 4) is 0 Å². The molecule has 17 heavy (non-hydrogen) atoms. The van der Waals surface area contributed by atoms with Gasteiger partial charge in [-0.2, -0.15) is 0 Å². The highest BCUT2D eigenvalue weighted by Gasteiger charge is 1.99. The van der Waals surface area contributed by atoms with E-state index >= 15 is 0 Å². The molecule has 0 aromatic carbocycles. The zero-order valence-corrected chi connectivity index (χ0v) is 10.7. The molecule has 0 aromatic heterocycles. The number of carbonyl (C=O) groups excluding carboxylic acids is 2. The van der Waals surface area contributed by atoms with Crippen LogP contribution in [0.4, 0.5) is 0 Å². The van der Waals surface area contributed by atoms with Crippen LogP contribution in [0.2, 0.25) is 0 Å². The van der Waals surface area contributed by atoms with E-state index in [0.717, 1.165) is 12.8 Å². The van der Waals surface area contributed by atoms with Crippen LogP contribution in [0.25, 0.3) is 0 Å². The fourth-order valence-corrected chi connectivity index (χ4v) is 1.10. The minimum Gasteiger partial charge on any atom is -0.338 e. The molecule has 4 nitrogen and oxygen atoms in total. The molecular weight excluding hydrogens is 216 g/mol. The fourth-order valence-electron chi connectivity index (χ4n) is 1.10. The SMILES string of the molecule is CC/C=C\CC(=O)NCNC(=O)C/C=C\CC. The summed E-state index contributed by atoms with van der Waals surface area (Å²) in [6, 6.07) is 0. The Morgan fingerprint density at radius 3 is 1.59 bits per heavy atom. The summed E-state index contributed by atoms with van der Waals surface area (Å²) in [6.45, 7) is 4.22. The van der Waals surface area contributed by atoms with E-state index < -0.39 is 0 Å². The molecule has 0 aliphatic rings. The number of nitrogens with one attached hydrogen (secondary N) is 2. The topological polar surface area (TPSA) is 58.2 Å². The van der Waals surface area contributed by atoms with Crippen molar-refractivity contribution in [1.82, 2.24) is 10.6 Å². The molecule has 0 bridgehead atoms. The first-order valence-electron chi connectivity index (χ1n) is 6.04. The van der Waals surface area contributed by atoms with Gasteiger partial charge in [-0.05, 0) is 12.8 Å². The average Bonchev–Trinajstić information content (AvgIpc) is 2.30. The van der Waals surface area contributed by atoms with Gasteiger partial charge in [0.2, 0.25) is 11.8 Å². The first-order valence-corrected chi connectivity index (χ1v) is 6.04. The van der Waals surface area contributed by atoms with Gasteiger partial charge in [0.1, 0.15) is 0 Å². The second-order valence-corrected chi connectivity index (χ2v) is 3.54. The van der Waals surface area contributed by atoms with Gasteiger partial charge < -0.3 is 10.6 Å². The predicted octanol–water partition coefficient (Wildman–Crippen LogP) is 1.89. The maximum Gasteiger partial charge on any atom is 0.225 e. The normalized spacial score (nSPS) is 10.9. The third-order valence-electron chi connectivity index (χ3n) is 1.98. The lowest BCUT2D eigenvalue weighted by molar-refractivity contribution is -0.122. The molecule has 0 spiro atoms. The Kier molecular flexibility index (Phi) is 9.91. The summed E-state index contributed by atoms with van der Waals surface area (Å²) in [7, 11) is 0. The highest BCUT2D eigenvalue weighted by molar-refractivity contribution is 5.79. The van der Waals surface area contributed by atoms with E-state index in [1.54, 1.807) is 0 Å². The number of amides is 2. The van der Waals surface area contributed by atoms with Gasteiger partial charge in [-0.1, -0.05) is 38.2 Å². The van der Waals surface area contributed by atoms with E-state index in [0.29, 0.717) is 12.8 Å². The van der Waals surface area contributed by atoms with Crippen LogP contribution in [-0.2, 0) is 9.59 Å². The van der Waals surface area contributed by atoms with Crippen LogP contribution in [0.5, 0.6) is 0 Å². The van der Waals surface area contributed by atoms with Crippen molar-refractivity contribution < 1.29 is 9.59 Å². The zero-order chi connectivity index (χ0) is 12.9. The van der Waals surface area contributed by atoms with Crippen molar-refractivity contribution >= 4 is 11.8 Å². The molecule has 0 aliphatic carbocycles. The molecular formula is C13H22N2O2. The standard InChI is InChI=1S/C13H22N2O2/c1-3-5-7-9-12(16)14-11-15-13(17)10-8-6-4-2/h5-8H,3-4,9-11H2,1-2H3,(H,14,16)(H,15,17)/b7-5-,8-6-. The third-order valence-corrected chi connectivity index (χ3v) is 1.98. The summed E-state index contributed by atoms with van der Waals surface area (Å²) in [5.41, 5.74) is 0. The van der Waals surface area contributed by atoms with E-state index in [1.165, 1.54) is 0 Å². The molecule has 0 unspecified atom stereocenters. The molecule has 0 aromatic rings. The van der Waals surface area contributed by atoms with Crippen LogP contribution in [0.15, 0.2) is 24.3 Å². The Balaban J connectivity index is 3.55. The van der Waals surface area contributed by atoms with E-state index in [9.17, 15) is 9.59 Å². The lowest BCUT2D eigenvalue weighted by atomic mass is 10.3. The van der Waals surface area contributed by atoms with Crippen LogP contribution in [0.3, 0.4) is 0 Å². The van der Waals surface area contributed by atoms with Crippen LogP contribution in [0.1, 0.15) is 39.5 Å². The van der Waals surface area contributed by atoms with Gasteiger partial charge in [-0.15, -0.1) is 0 Å². The maximum absolute atomic E-state index is 11.2. The zero-order valence-electron chi connectivity index (χ0n) is 10.7. The summed E-state index contributed by atoms with van der Waals surface area (Å²) in [6.07, 6.45) is 10.1. The molecule has 0 rings (SSSR count). The number of allylic oxidation sites excluding steroid dienone is 2. The molecule has 0 saturated carbocycles. The van der Waals surface area contributed by atoms with Crippen LogP contribution < -0.4 is 10.6 Å². The highest BCUT2D eigenvalue weighted by atomic mass is 16.2. The summed E-state index contributed by atoms with van der Waals surface area (Å²) in [5.74, 6) is -0.168. The molecule has 0 aliphatic heterocycles. The molecule has 0 saturated heterocycles. The number of hydrogen-bond donors (Lipinski definition) is 2. The summed E-state index contributed by atoms with van der Waals surface area (Å²) in [4.78, 5) is 22.5. The summed E-state index contributed by atoms with van der Waals surface area (Å²) >= 11 is 0. The Morgan fingerprint density at radius 2 is 1.24 bits per heavy atom. The van der Waals surface area contributed by atoms with Crippen LogP contribution >= 0.6 is 0 Å². The first-order chi connectivity index (χ1) is 8.20. The quantitative estimate of drug-likeness (QED) is 0.501. The van der Waals surface area contributed by atoms with Crippen molar-refractivity contribution in [3.05, 3.63) is 24.3 Å². The van der Waals surface area contributed by atoms with Gasteiger partial charge in [0.25, 0.3) is 0 Å². The molecule has 2 N–H and O–H groups in total. The lowest BCUT2D eigenvalue weighted by Crippen LogP contribution is -2.36. The molecule has 0 atom stereocenters. The first kappa shape index (κ1) is 15.4. The fraction of sp³-hybridized carbons (Fsp3) is 0.538. The number of rotatable bonds is 8. The molecule has 96 valence electrons. The van der Waals surface area contributed by atoms with Crippen molar-refractivity contribution in [3.63, 3.8) is 0 Å². The van der Waals surface area contributed by atoms with Gasteiger partial charge in [-0.25, -0.2) is 0 Å². The maximum atomic E-state index is 11.2.